The van der Waals surface area contributed by atoms with Crippen LogP contribution in [-0.2, 0) is 4.79 Å². The van der Waals surface area contributed by atoms with Crippen LogP contribution in [0, 0.1) is 0 Å². The molecule has 0 saturated heterocycles. The van der Waals surface area contributed by atoms with Crippen LogP contribution in [0.1, 0.15) is 75.3 Å². The van der Waals surface area contributed by atoms with E-state index < -0.39 is 0 Å². The Morgan fingerprint density at radius 2 is 1.16 bits per heavy atom. The molecule has 2 fully saturated rings. The normalized spacial score (nSPS) is 22.5. The predicted molar refractivity (Wildman–Crippen MR) is 128 cm³/mol. The van der Waals surface area contributed by atoms with Crippen LogP contribution in [0.25, 0.3) is 11.1 Å². The van der Waals surface area contributed by atoms with Gasteiger partial charge in [-0.1, -0.05) is 99.2 Å². The molecule has 3 nitrogen and oxygen atoms in total. The standard InChI is InChI=1S/C28H32N2O/c31-28-26(22-15-7-2-8-16-22)25(21-13-5-1-6-14-21)27(29-23-17-9-3-10-18-23)30(28)24-19-11-4-12-20-24/h1-2,5-8,13-16,23-24H,3-4,9-12,17-20H2. The largest absolute Gasteiger partial charge is 0.289 e. The molecule has 0 unspecified atom stereocenters. The number of nitrogens with zero attached hydrogens (tertiary/aromatic N) is 2. The van der Waals surface area contributed by atoms with Gasteiger partial charge in [0.15, 0.2) is 0 Å². The molecule has 0 radical (unpaired) electrons. The van der Waals surface area contributed by atoms with Crippen molar-refractivity contribution in [3.8, 4) is 0 Å². The highest BCUT2D eigenvalue weighted by Gasteiger charge is 2.42. The fourth-order valence-electron chi connectivity index (χ4n) is 5.49. The Morgan fingerprint density at radius 3 is 1.74 bits per heavy atom. The van der Waals surface area contributed by atoms with Gasteiger partial charge in [-0.3, -0.25) is 14.7 Å². The maximum atomic E-state index is 14.0. The minimum absolute atomic E-state index is 0.145. The van der Waals surface area contributed by atoms with Gasteiger partial charge in [0.25, 0.3) is 5.91 Å². The molecule has 2 aromatic carbocycles. The van der Waals surface area contributed by atoms with Crippen molar-refractivity contribution in [1.29, 1.82) is 0 Å². The molecule has 3 heteroatoms. The van der Waals surface area contributed by atoms with Gasteiger partial charge in [0.05, 0.1) is 11.6 Å². The topological polar surface area (TPSA) is 32.7 Å². The molecule has 2 aromatic rings. The fourth-order valence-corrected chi connectivity index (χ4v) is 5.49. The Kier molecular flexibility index (Phi) is 6.01. The van der Waals surface area contributed by atoms with Gasteiger partial charge >= 0.3 is 0 Å². The molecule has 1 aliphatic heterocycles. The van der Waals surface area contributed by atoms with E-state index in [2.05, 4.69) is 41.3 Å². The van der Waals surface area contributed by atoms with Crippen molar-refractivity contribution in [1.82, 2.24) is 4.90 Å². The summed E-state index contributed by atoms with van der Waals surface area (Å²) in [6.07, 6.45) is 11.9. The van der Waals surface area contributed by atoms with E-state index in [4.69, 9.17) is 4.99 Å². The first-order chi connectivity index (χ1) is 15.3. The van der Waals surface area contributed by atoms with Crippen molar-refractivity contribution >= 4 is 22.9 Å². The lowest BCUT2D eigenvalue weighted by molar-refractivity contribution is -0.122. The first-order valence-corrected chi connectivity index (χ1v) is 12.1. The Morgan fingerprint density at radius 1 is 0.645 bits per heavy atom. The summed E-state index contributed by atoms with van der Waals surface area (Å²) >= 11 is 0. The molecule has 5 rings (SSSR count). The summed E-state index contributed by atoms with van der Waals surface area (Å²) in [6, 6.07) is 21.2. The van der Waals surface area contributed by atoms with E-state index in [1.807, 2.05) is 24.3 Å². The predicted octanol–water partition coefficient (Wildman–Crippen LogP) is 6.50. The molecule has 2 aliphatic carbocycles. The zero-order valence-electron chi connectivity index (χ0n) is 18.3. The molecule has 0 aromatic heterocycles. The van der Waals surface area contributed by atoms with Crippen LogP contribution in [-0.4, -0.2) is 28.7 Å². The molecule has 31 heavy (non-hydrogen) atoms. The maximum absolute atomic E-state index is 14.0. The molecule has 1 heterocycles. The molecular weight excluding hydrogens is 380 g/mol. The number of benzene rings is 2. The van der Waals surface area contributed by atoms with Crippen molar-refractivity contribution in [3.05, 3.63) is 71.8 Å². The highest BCUT2D eigenvalue weighted by molar-refractivity contribution is 6.50. The van der Waals surface area contributed by atoms with Crippen molar-refractivity contribution < 1.29 is 4.79 Å². The maximum Gasteiger partial charge on any atom is 0.261 e. The Hall–Kier alpha value is -2.68. The van der Waals surface area contributed by atoms with Crippen LogP contribution in [0.4, 0.5) is 0 Å². The lowest BCUT2D eigenvalue weighted by Gasteiger charge is -2.33. The number of carbonyl (C=O) groups excluding carboxylic acids is 1. The Bertz CT molecular complexity index is 965. The van der Waals surface area contributed by atoms with E-state index in [1.54, 1.807) is 0 Å². The number of rotatable bonds is 4. The number of hydrogen-bond donors (Lipinski definition) is 0. The van der Waals surface area contributed by atoms with Gasteiger partial charge in [0.2, 0.25) is 0 Å². The quantitative estimate of drug-likeness (QED) is 0.564. The third kappa shape index (κ3) is 4.11. The summed E-state index contributed by atoms with van der Waals surface area (Å²) in [5, 5.41) is 0. The molecular formula is C28H32N2O. The van der Waals surface area contributed by atoms with Gasteiger partial charge in [0, 0.05) is 11.6 Å². The summed E-state index contributed by atoms with van der Waals surface area (Å²) in [4.78, 5) is 21.5. The molecule has 1 amide bonds. The third-order valence-electron chi connectivity index (χ3n) is 7.08. The molecule has 0 spiro atoms. The Balaban J connectivity index is 1.68. The van der Waals surface area contributed by atoms with Crippen LogP contribution >= 0.6 is 0 Å². The van der Waals surface area contributed by atoms with E-state index in [0.717, 1.165) is 53.8 Å². The van der Waals surface area contributed by atoms with Gasteiger partial charge in [-0.25, -0.2) is 0 Å². The van der Waals surface area contributed by atoms with Crippen molar-refractivity contribution in [2.75, 3.05) is 0 Å². The van der Waals surface area contributed by atoms with Crippen LogP contribution in [0.2, 0.25) is 0 Å². The van der Waals surface area contributed by atoms with Crippen LogP contribution in [0.15, 0.2) is 65.7 Å². The fraction of sp³-hybridized carbons (Fsp3) is 0.429. The summed E-state index contributed by atoms with van der Waals surface area (Å²) in [7, 11) is 0. The first kappa shape index (κ1) is 20.2. The summed E-state index contributed by atoms with van der Waals surface area (Å²) in [5.41, 5.74) is 3.96. The van der Waals surface area contributed by atoms with Crippen molar-refractivity contribution in [2.24, 2.45) is 4.99 Å². The lowest BCUT2D eigenvalue weighted by atomic mass is 9.93. The zero-order valence-corrected chi connectivity index (χ0v) is 18.3. The van der Waals surface area contributed by atoms with Crippen LogP contribution in [0.5, 0.6) is 0 Å². The van der Waals surface area contributed by atoms with E-state index in [1.165, 1.54) is 38.5 Å². The lowest BCUT2D eigenvalue weighted by Crippen LogP contribution is -2.42. The summed E-state index contributed by atoms with van der Waals surface area (Å²) < 4.78 is 0. The Labute approximate surface area is 185 Å². The number of carbonyl (C=O) groups is 1. The van der Waals surface area contributed by atoms with Crippen molar-refractivity contribution in [3.63, 3.8) is 0 Å². The van der Waals surface area contributed by atoms with Crippen molar-refractivity contribution in [2.45, 2.75) is 76.3 Å². The SMILES string of the molecule is O=C1C(c2ccccc2)=C(c2ccccc2)C(=NC2CCCCC2)N1C1CCCCC1. The van der Waals surface area contributed by atoms with Gasteiger partial charge in [-0.15, -0.1) is 0 Å². The van der Waals surface area contributed by atoms with Gasteiger partial charge in [0.1, 0.15) is 5.84 Å². The van der Waals surface area contributed by atoms with Gasteiger partial charge in [-0.2, -0.15) is 0 Å². The number of hydrogen-bond acceptors (Lipinski definition) is 2. The second-order valence-electron chi connectivity index (χ2n) is 9.19. The van der Waals surface area contributed by atoms with Gasteiger partial charge < -0.3 is 0 Å². The first-order valence-electron chi connectivity index (χ1n) is 12.1. The molecule has 2 saturated carbocycles. The third-order valence-corrected chi connectivity index (χ3v) is 7.08. The summed E-state index contributed by atoms with van der Waals surface area (Å²) in [5.74, 6) is 1.08. The number of amidine groups is 1. The van der Waals surface area contributed by atoms with E-state index in [-0.39, 0.29) is 11.9 Å². The van der Waals surface area contributed by atoms with E-state index >= 15 is 0 Å². The average molecular weight is 413 g/mol. The highest BCUT2D eigenvalue weighted by atomic mass is 16.2. The highest BCUT2D eigenvalue weighted by Crippen LogP contribution is 2.40. The van der Waals surface area contributed by atoms with E-state index in [0.29, 0.717) is 6.04 Å². The smallest absolute Gasteiger partial charge is 0.261 e. The minimum Gasteiger partial charge on any atom is -0.289 e. The van der Waals surface area contributed by atoms with Crippen LogP contribution in [0.3, 0.4) is 0 Å². The van der Waals surface area contributed by atoms with E-state index in [9.17, 15) is 4.79 Å². The molecule has 0 bridgehead atoms. The average Bonchev–Trinajstić information content (AvgIpc) is 3.13. The molecule has 0 N–H and O–H groups in total. The second-order valence-corrected chi connectivity index (χ2v) is 9.19. The second kappa shape index (κ2) is 9.21. The van der Waals surface area contributed by atoms with Gasteiger partial charge in [-0.05, 0) is 36.8 Å². The molecule has 0 atom stereocenters. The number of aliphatic imine (C=N–C) groups is 1. The molecule has 160 valence electrons. The number of amides is 1. The van der Waals surface area contributed by atoms with Crippen LogP contribution < -0.4 is 0 Å². The summed E-state index contributed by atoms with van der Waals surface area (Å²) in [6.45, 7) is 0. The minimum atomic E-state index is 0.145. The molecule has 3 aliphatic rings. The zero-order chi connectivity index (χ0) is 21.0. The monoisotopic (exact) mass is 412 g/mol.